The lowest BCUT2D eigenvalue weighted by Crippen LogP contribution is -2.50. The Labute approximate surface area is 249 Å². The molecule has 7 nitrogen and oxygen atoms in total. The zero-order chi connectivity index (χ0) is 29.8. The Kier molecular flexibility index (Phi) is 15.5. The predicted molar refractivity (Wildman–Crippen MR) is 162 cm³/mol. The zero-order valence-corrected chi connectivity index (χ0v) is 25.8. The third-order valence-electron chi connectivity index (χ3n) is 6.35. The molecule has 0 saturated carbocycles. The van der Waals surface area contributed by atoms with Crippen molar-refractivity contribution in [1.82, 2.24) is 20.9 Å². The zero-order valence-electron chi connectivity index (χ0n) is 25.0. The molecule has 2 aromatic rings. The maximum Gasteiger partial charge on any atom is 0.253 e. The van der Waals surface area contributed by atoms with E-state index in [2.05, 4.69) is 16.0 Å². The van der Waals surface area contributed by atoms with Crippen molar-refractivity contribution in [2.45, 2.75) is 72.9 Å². The Morgan fingerprint density at radius 3 is 2.00 bits per heavy atom. The molecule has 3 amide bonds. The summed E-state index contributed by atoms with van der Waals surface area (Å²) in [4.78, 5) is 40.8. The van der Waals surface area contributed by atoms with Gasteiger partial charge in [0.05, 0.1) is 6.04 Å². The molecule has 0 unspecified atom stereocenters. The van der Waals surface area contributed by atoms with Crippen LogP contribution in [0.15, 0.2) is 36.4 Å². The summed E-state index contributed by atoms with van der Waals surface area (Å²) >= 11 is 0. The van der Waals surface area contributed by atoms with Crippen molar-refractivity contribution in [2.24, 2.45) is 5.92 Å². The summed E-state index contributed by atoms with van der Waals surface area (Å²) in [7, 11) is 0. The van der Waals surface area contributed by atoms with Crippen molar-refractivity contribution in [3.63, 3.8) is 0 Å². The van der Waals surface area contributed by atoms with Crippen LogP contribution in [0.5, 0.6) is 0 Å². The van der Waals surface area contributed by atoms with Gasteiger partial charge in [-0.2, -0.15) is 0 Å². The topological polar surface area (TPSA) is 90.5 Å². The number of nitrogens with zero attached hydrogens (tertiary/aromatic N) is 1. The molecule has 2 aromatic carbocycles. The molecule has 0 aliphatic heterocycles. The van der Waals surface area contributed by atoms with Crippen LogP contribution in [0.1, 0.15) is 79.3 Å². The Bertz CT molecular complexity index is 1140. The molecule has 2 atom stereocenters. The minimum Gasteiger partial charge on any atom is -0.354 e. The van der Waals surface area contributed by atoms with E-state index in [4.69, 9.17) is 0 Å². The van der Waals surface area contributed by atoms with Gasteiger partial charge >= 0.3 is 0 Å². The largest absolute Gasteiger partial charge is 0.354 e. The molecular formula is C31H45ClF2N4O3. The fourth-order valence-corrected chi connectivity index (χ4v) is 4.40. The number of benzene rings is 2. The fourth-order valence-electron chi connectivity index (χ4n) is 4.40. The number of aryl methyl sites for hydroxylation is 1. The second kappa shape index (κ2) is 17.7. The molecule has 0 fully saturated rings. The molecule has 0 bridgehead atoms. The van der Waals surface area contributed by atoms with Gasteiger partial charge in [-0.25, -0.2) is 8.78 Å². The van der Waals surface area contributed by atoms with Gasteiger partial charge in [0.25, 0.3) is 11.8 Å². The van der Waals surface area contributed by atoms with Crippen LogP contribution in [-0.4, -0.2) is 60.9 Å². The first-order valence-corrected chi connectivity index (χ1v) is 14.1. The predicted octanol–water partition coefficient (Wildman–Crippen LogP) is 5.05. The van der Waals surface area contributed by atoms with Crippen LogP contribution >= 0.6 is 12.4 Å². The van der Waals surface area contributed by atoms with Gasteiger partial charge in [-0.3, -0.25) is 14.4 Å². The van der Waals surface area contributed by atoms with Crippen molar-refractivity contribution in [3.8, 4) is 0 Å². The first kappa shape index (κ1) is 36.0. The molecule has 0 aliphatic carbocycles. The van der Waals surface area contributed by atoms with Gasteiger partial charge in [-0.05, 0) is 80.5 Å². The van der Waals surface area contributed by atoms with Crippen LogP contribution in [0.25, 0.3) is 0 Å². The minimum atomic E-state index is -0.708. The van der Waals surface area contributed by atoms with Crippen molar-refractivity contribution in [3.05, 3.63) is 70.3 Å². The lowest BCUT2D eigenvalue weighted by molar-refractivity contribution is -0.122. The standard InChI is InChI=1S/C31H44F2N4O3.ClH/c1-7-9-37(10-8-2)31(40)25-12-21(5)11-24(16-25)30(39)36-28(15-23-13-26(32)17-27(33)14-23)19-34-22(6)29(38)35-18-20(3)4;/h11-14,16-17,20,22,28,34H,7-10,15,18-19H2,1-6H3,(H,35,38)(H,36,39);1H/t22-,28-;/m0./s1. The van der Waals surface area contributed by atoms with Crippen LogP contribution in [0.2, 0.25) is 0 Å². The van der Waals surface area contributed by atoms with Gasteiger partial charge < -0.3 is 20.9 Å². The lowest BCUT2D eigenvalue weighted by atomic mass is 10.0. The first-order valence-electron chi connectivity index (χ1n) is 14.1. The molecule has 0 radical (unpaired) electrons. The van der Waals surface area contributed by atoms with E-state index >= 15 is 0 Å². The van der Waals surface area contributed by atoms with E-state index < -0.39 is 29.6 Å². The summed E-state index contributed by atoms with van der Waals surface area (Å²) in [6.07, 6.45) is 1.79. The van der Waals surface area contributed by atoms with Gasteiger partial charge in [0, 0.05) is 49.4 Å². The smallest absolute Gasteiger partial charge is 0.253 e. The SMILES string of the molecule is CCCN(CCC)C(=O)c1cc(C)cc(C(=O)N[C@H](CN[C@@H](C)C(=O)NCC(C)C)Cc2cc(F)cc(F)c2)c1.Cl. The third-order valence-corrected chi connectivity index (χ3v) is 6.35. The molecule has 0 aliphatic rings. The van der Waals surface area contributed by atoms with E-state index in [-0.39, 0.29) is 37.2 Å². The van der Waals surface area contributed by atoms with Crippen molar-refractivity contribution in [2.75, 3.05) is 26.2 Å². The average molecular weight is 595 g/mol. The van der Waals surface area contributed by atoms with Crippen LogP contribution in [-0.2, 0) is 11.2 Å². The second-order valence-electron chi connectivity index (χ2n) is 10.8. The van der Waals surface area contributed by atoms with E-state index in [1.807, 2.05) is 34.6 Å². The summed E-state index contributed by atoms with van der Waals surface area (Å²) in [5.74, 6) is -1.85. The molecular weight excluding hydrogens is 550 g/mol. The van der Waals surface area contributed by atoms with E-state index in [0.29, 0.717) is 42.2 Å². The summed E-state index contributed by atoms with van der Waals surface area (Å²) in [6.45, 7) is 13.5. The fraction of sp³-hybridized carbons (Fsp3) is 0.516. The van der Waals surface area contributed by atoms with E-state index in [0.717, 1.165) is 24.5 Å². The van der Waals surface area contributed by atoms with E-state index in [1.54, 1.807) is 30.0 Å². The minimum absolute atomic E-state index is 0. The summed E-state index contributed by atoms with van der Waals surface area (Å²) in [6, 6.07) is 7.15. The highest BCUT2D eigenvalue weighted by molar-refractivity contribution is 6.00. The second-order valence-corrected chi connectivity index (χ2v) is 10.8. The Morgan fingerprint density at radius 2 is 1.44 bits per heavy atom. The lowest BCUT2D eigenvalue weighted by Gasteiger charge is -2.23. The van der Waals surface area contributed by atoms with Gasteiger partial charge in [-0.15, -0.1) is 12.4 Å². The Hall–Kier alpha value is -3.04. The summed E-state index contributed by atoms with van der Waals surface area (Å²) in [5, 5.41) is 8.92. The van der Waals surface area contributed by atoms with E-state index in [1.165, 1.54) is 12.1 Å². The monoisotopic (exact) mass is 594 g/mol. The van der Waals surface area contributed by atoms with E-state index in [9.17, 15) is 23.2 Å². The molecule has 10 heteroatoms. The summed E-state index contributed by atoms with van der Waals surface area (Å²) in [5.41, 5.74) is 1.89. The van der Waals surface area contributed by atoms with Crippen LogP contribution < -0.4 is 16.0 Å². The molecule has 0 heterocycles. The van der Waals surface area contributed by atoms with Crippen molar-refractivity contribution < 1.29 is 23.2 Å². The van der Waals surface area contributed by atoms with Gasteiger partial charge in [-0.1, -0.05) is 27.7 Å². The molecule has 228 valence electrons. The first-order chi connectivity index (χ1) is 18.9. The molecule has 0 spiro atoms. The van der Waals surface area contributed by atoms with Gasteiger partial charge in [0.2, 0.25) is 5.91 Å². The number of hydrogen-bond acceptors (Lipinski definition) is 4. The number of carbonyl (C=O) groups is 3. The van der Waals surface area contributed by atoms with Crippen LogP contribution in [0.4, 0.5) is 8.78 Å². The highest BCUT2D eigenvalue weighted by Gasteiger charge is 2.21. The van der Waals surface area contributed by atoms with Crippen LogP contribution in [0.3, 0.4) is 0 Å². The Balaban J connectivity index is 0.00000840. The molecule has 2 rings (SSSR count). The maximum absolute atomic E-state index is 13.9. The molecule has 3 N–H and O–H groups in total. The number of amides is 3. The average Bonchev–Trinajstić information content (AvgIpc) is 2.88. The number of hydrogen-bond donors (Lipinski definition) is 3. The molecule has 41 heavy (non-hydrogen) atoms. The normalized spacial score (nSPS) is 12.3. The Morgan fingerprint density at radius 1 is 0.854 bits per heavy atom. The highest BCUT2D eigenvalue weighted by Crippen LogP contribution is 2.15. The van der Waals surface area contributed by atoms with Crippen molar-refractivity contribution >= 4 is 30.1 Å². The number of nitrogens with one attached hydrogen (secondary N) is 3. The van der Waals surface area contributed by atoms with Crippen molar-refractivity contribution in [1.29, 1.82) is 0 Å². The highest BCUT2D eigenvalue weighted by atomic mass is 35.5. The molecule has 0 saturated heterocycles. The van der Waals surface area contributed by atoms with Gasteiger partial charge in [0.15, 0.2) is 0 Å². The number of carbonyl (C=O) groups excluding carboxylic acids is 3. The number of rotatable bonds is 15. The quantitative estimate of drug-likeness (QED) is 0.269. The third kappa shape index (κ3) is 12.2. The number of halogens is 3. The summed E-state index contributed by atoms with van der Waals surface area (Å²) < 4.78 is 27.8. The molecule has 0 aromatic heterocycles. The maximum atomic E-state index is 13.9. The van der Waals surface area contributed by atoms with Gasteiger partial charge in [0.1, 0.15) is 11.6 Å². The van der Waals surface area contributed by atoms with Crippen LogP contribution in [0, 0.1) is 24.5 Å².